The first-order valence-electron chi connectivity index (χ1n) is 16.5. The Kier molecular flexibility index (Phi) is 19.7. The Hall–Kier alpha value is -2.76. The summed E-state index contributed by atoms with van der Waals surface area (Å²) in [6.07, 6.45) is 7.36. The van der Waals surface area contributed by atoms with Gasteiger partial charge in [-0.15, -0.1) is 0 Å². The lowest BCUT2D eigenvalue weighted by molar-refractivity contribution is -0.139. The number of Topliss-reactive ketones (excluding diaryl/α,β-unsaturated/α-hetero) is 4. The highest BCUT2D eigenvalue weighted by Crippen LogP contribution is 2.24. The normalized spacial score (nSPS) is 16.6. The van der Waals surface area contributed by atoms with E-state index in [4.69, 9.17) is 23.8 Å². The van der Waals surface area contributed by atoms with E-state index in [1.807, 2.05) is 20.8 Å². The van der Waals surface area contributed by atoms with Gasteiger partial charge in [-0.1, -0.05) is 46.5 Å². The van der Waals surface area contributed by atoms with Gasteiger partial charge < -0.3 is 15.4 Å². The molecule has 1 fully saturated rings. The number of carbonyl (C=O) groups is 7. The van der Waals surface area contributed by atoms with Crippen molar-refractivity contribution >= 4 is 64.7 Å². The van der Waals surface area contributed by atoms with Crippen molar-refractivity contribution < 1.29 is 33.6 Å². The zero-order chi connectivity index (χ0) is 34.7. The van der Waals surface area contributed by atoms with Crippen molar-refractivity contribution in [1.29, 1.82) is 0 Å². The average molecular weight is 636 g/mol. The Labute approximate surface area is 278 Å². The largest absolute Gasteiger partial charge is 0.409 e. The van der Waals surface area contributed by atoms with Crippen LogP contribution in [-0.4, -0.2) is 107 Å². The summed E-state index contributed by atoms with van der Waals surface area (Å²) in [6.45, 7) is 6.05. The minimum atomic E-state index is -0.604. The molecule has 2 atom stereocenters. The van der Waals surface area contributed by atoms with E-state index in [0.29, 0.717) is 44.9 Å². The summed E-state index contributed by atoms with van der Waals surface area (Å²) in [6, 6.07) is 0. The lowest BCUT2D eigenvalue weighted by Gasteiger charge is -2.36. The lowest BCUT2D eigenvalue weighted by atomic mass is 9.87. The van der Waals surface area contributed by atoms with Gasteiger partial charge >= 0.3 is 0 Å². The van der Waals surface area contributed by atoms with Crippen molar-refractivity contribution in [2.45, 2.75) is 111 Å². The minimum Gasteiger partial charge on any atom is -0.409 e. The van der Waals surface area contributed by atoms with E-state index in [1.54, 1.807) is 4.90 Å². The van der Waals surface area contributed by atoms with E-state index in [-0.39, 0.29) is 86.3 Å². The van der Waals surface area contributed by atoms with E-state index >= 15 is 0 Å². The monoisotopic (exact) mass is 636 g/mol. The third-order valence-corrected chi connectivity index (χ3v) is 8.30. The SMILES string of the molecule is [B]CC(=O)CN(CC(=O)CCCCCCC(=O)N1CC(C(=O)N[B])CC(C(=O)N[B])C1)CC(=O)CCCCCCC(=O)C(C)(C)C. The molecule has 3 amide bonds. The first-order chi connectivity index (χ1) is 21.7. The van der Waals surface area contributed by atoms with E-state index in [9.17, 15) is 33.6 Å². The molecule has 0 aromatic carbocycles. The van der Waals surface area contributed by atoms with E-state index in [1.165, 1.54) is 4.90 Å². The first-order valence-corrected chi connectivity index (χ1v) is 16.5. The van der Waals surface area contributed by atoms with Crippen LogP contribution in [-0.2, 0) is 33.6 Å². The summed E-state index contributed by atoms with van der Waals surface area (Å²) in [7, 11) is 16.0. The Morgan fingerprint density at radius 2 is 1.07 bits per heavy atom. The molecule has 0 spiro atoms. The number of ketones is 4. The fourth-order valence-electron chi connectivity index (χ4n) is 5.50. The molecule has 1 rings (SSSR count). The average Bonchev–Trinajstić information content (AvgIpc) is 3.02. The summed E-state index contributed by atoms with van der Waals surface area (Å²) in [5.41, 5.74) is -0.332. The van der Waals surface area contributed by atoms with Gasteiger partial charge in [0.15, 0.2) is 0 Å². The lowest BCUT2D eigenvalue weighted by Crippen LogP contribution is -2.51. The second-order valence-electron chi connectivity index (χ2n) is 13.4. The molecule has 1 aliphatic rings. The van der Waals surface area contributed by atoms with Gasteiger partial charge in [-0.3, -0.25) is 38.5 Å². The van der Waals surface area contributed by atoms with Crippen molar-refractivity contribution in [2.75, 3.05) is 32.7 Å². The number of piperidine rings is 1. The molecular formula is C32H51B3N4O7. The second-order valence-corrected chi connectivity index (χ2v) is 13.4. The molecular weight excluding hydrogens is 585 g/mol. The highest BCUT2D eigenvalue weighted by molar-refractivity contribution is 6.20. The smallest absolute Gasteiger partial charge is 0.226 e. The Morgan fingerprint density at radius 3 is 1.48 bits per heavy atom. The number of amides is 3. The van der Waals surface area contributed by atoms with Crippen LogP contribution in [0.4, 0.5) is 0 Å². The maximum Gasteiger partial charge on any atom is 0.226 e. The van der Waals surface area contributed by atoms with Crippen molar-refractivity contribution in [3.05, 3.63) is 0 Å². The standard InChI is InChI=1S/C32H51B3N4O7/c1-32(2,3)28(43)14-10-6-4-8-12-25(40)20-38(22-27(42)17-33)21-26(41)13-9-5-7-11-15-29(44)39-18-23(30(45)36-34)16-24(19-39)31(46)37-35/h23-24H,4-22H2,1-3H3,(H,36,45)(H,37,46). The third kappa shape index (κ3) is 16.7. The van der Waals surface area contributed by atoms with Gasteiger partial charge in [-0.25, -0.2) is 0 Å². The zero-order valence-electron chi connectivity index (χ0n) is 28.1. The number of rotatable bonds is 23. The van der Waals surface area contributed by atoms with Crippen LogP contribution in [0.25, 0.3) is 0 Å². The van der Waals surface area contributed by atoms with Gasteiger partial charge in [-0.2, -0.15) is 0 Å². The Balaban J connectivity index is 2.39. The summed E-state index contributed by atoms with van der Waals surface area (Å²) < 4.78 is 0. The van der Waals surface area contributed by atoms with Crippen molar-refractivity contribution in [2.24, 2.45) is 17.3 Å². The van der Waals surface area contributed by atoms with Crippen LogP contribution in [0.15, 0.2) is 0 Å². The first kappa shape index (κ1) is 41.3. The van der Waals surface area contributed by atoms with E-state index < -0.39 is 23.7 Å². The fraction of sp³-hybridized carbons (Fsp3) is 0.781. The van der Waals surface area contributed by atoms with Crippen LogP contribution in [0.3, 0.4) is 0 Å². The Bertz CT molecular complexity index is 1030. The van der Waals surface area contributed by atoms with Crippen LogP contribution >= 0.6 is 0 Å². The molecule has 14 heteroatoms. The summed E-state index contributed by atoms with van der Waals surface area (Å²) >= 11 is 0. The number of nitrogens with zero attached hydrogens (tertiary/aromatic N) is 2. The maximum atomic E-state index is 12.8. The van der Waals surface area contributed by atoms with Gasteiger partial charge in [-0.05, 0) is 38.4 Å². The molecule has 0 aromatic heterocycles. The number of nitrogens with one attached hydrogen (secondary N) is 2. The molecule has 1 saturated heterocycles. The van der Waals surface area contributed by atoms with Crippen LogP contribution in [0, 0.1) is 17.3 Å². The highest BCUT2D eigenvalue weighted by atomic mass is 16.2. The topological polar surface area (TPSA) is 150 Å². The number of hydrogen-bond acceptors (Lipinski definition) is 8. The molecule has 46 heavy (non-hydrogen) atoms. The maximum absolute atomic E-state index is 12.8. The van der Waals surface area contributed by atoms with Crippen LogP contribution in [0.1, 0.15) is 104 Å². The van der Waals surface area contributed by atoms with Gasteiger partial charge in [0.1, 0.15) is 23.1 Å². The molecule has 250 valence electrons. The Morgan fingerprint density at radius 1 is 0.652 bits per heavy atom. The van der Waals surface area contributed by atoms with Crippen molar-refractivity contribution in [1.82, 2.24) is 20.3 Å². The molecule has 6 radical (unpaired) electrons. The number of carbonyl (C=O) groups excluding carboxylic acids is 7. The van der Waals surface area contributed by atoms with Gasteiger partial charge in [0.05, 0.1) is 39.3 Å². The van der Waals surface area contributed by atoms with Gasteiger partial charge in [0, 0.05) is 44.2 Å². The molecule has 0 aromatic rings. The van der Waals surface area contributed by atoms with E-state index in [0.717, 1.165) is 25.7 Å². The third-order valence-electron chi connectivity index (χ3n) is 8.30. The number of likely N-dealkylation sites (tertiary alicyclic amines) is 1. The van der Waals surface area contributed by atoms with Crippen LogP contribution < -0.4 is 10.5 Å². The van der Waals surface area contributed by atoms with Gasteiger partial charge in [0.2, 0.25) is 33.7 Å². The van der Waals surface area contributed by atoms with Crippen LogP contribution in [0.5, 0.6) is 0 Å². The molecule has 2 N–H and O–H groups in total. The molecule has 0 saturated carbocycles. The second kappa shape index (κ2) is 21.9. The van der Waals surface area contributed by atoms with Crippen molar-refractivity contribution in [3.8, 4) is 0 Å². The summed E-state index contributed by atoms with van der Waals surface area (Å²) in [5.74, 6) is -2.37. The van der Waals surface area contributed by atoms with Gasteiger partial charge in [0.25, 0.3) is 0 Å². The molecule has 0 bridgehead atoms. The summed E-state index contributed by atoms with van der Waals surface area (Å²) in [4.78, 5) is 89.3. The minimum absolute atomic E-state index is 0.00503. The molecule has 11 nitrogen and oxygen atoms in total. The number of unbranched alkanes of at least 4 members (excludes halogenated alkanes) is 6. The molecule has 1 aliphatic heterocycles. The zero-order valence-corrected chi connectivity index (χ0v) is 28.1. The molecule has 0 aliphatic carbocycles. The van der Waals surface area contributed by atoms with Crippen molar-refractivity contribution in [3.63, 3.8) is 0 Å². The highest BCUT2D eigenvalue weighted by Gasteiger charge is 2.36. The van der Waals surface area contributed by atoms with E-state index in [2.05, 4.69) is 10.5 Å². The summed E-state index contributed by atoms with van der Waals surface area (Å²) in [5, 5.41) is 4.16. The molecule has 1 heterocycles. The predicted octanol–water partition coefficient (Wildman–Crippen LogP) is 1.74. The predicted molar refractivity (Wildman–Crippen MR) is 178 cm³/mol. The fourth-order valence-corrected chi connectivity index (χ4v) is 5.50. The quantitative estimate of drug-likeness (QED) is 0.127. The van der Waals surface area contributed by atoms with Crippen LogP contribution in [0.2, 0.25) is 6.32 Å². The molecule has 2 unspecified atom stereocenters. The number of hydrogen-bond donors (Lipinski definition) is 2.